The van der Waals surface area contributed by atoms with Crippen molar-refractivity contribution >= 4 is 34.0 Å². The van der Waals surface area contributed by atoms with Crippen molar-refractivity contribution < 1.29 is 19.4 Å². The number of benzene rings is 1. The Bertz CT molecular complexity index is 784. The summed E-state index contributed by atoms with van der Waals surface area (Å²) in [6.45, 7) is 7.91. The van der Waals surface area contributed by atoms with Crippen molar-refractivity contribution in [2.24, 2.45) is 0 Å². The number of hydrogen-bond donors (Lipinski definition) is 3. The number of amides is 1. The summed E-state index contributed by atoms with van der Waals surface area (Å²) in [4.78, 5) is 28.6. The molecule has 3 N–H and O–H groups in total. The fraction of sp³-hybridized carbons (Fsp3) is 0.389. The van der Waals surface area contributed by atoms with Crippen LogP contribution in [0.25, 0.3) is 0 Å². The van der Waals surface area contributed by atoms with E-state index in [1.807, 2.05) is 32.9 Å². The first-order chi connectivity index (χ1) is 12.3. The Balaban J connectivity index is 1.97. The molecule has 1 atom stereocenters. The molecule has 2 rings (SSSR count). The highest BCUT2D eigenvalue weighted by Gasteiger charge is 2.13. The molecule has 1 aromatic carbocycles. The zero-order valence-corrected chi connectivity index (χ0v) is 16.1. The molecule has 0 radical (unpaired) electrons. The summed E-state index contributed by atoms with van der Waals surface area (Å²) in [5.74, 6) is -1.21. The van der Waals surface area contributed by atoms with Crippen molar-refractivity contribution in [1.82, 2.24) is 4.98 Å². The number of aromatic nitrogens is 1. The van der Waals surface area contributed by atoms with E-state index >= 15 is 0 Å². The van der Waals surface area contributed by atoms with Crippen LogP contribution in [0.2, 0.25) is 0 Å². The average molecular weight is 377 g/mol. The first-order valence-electron chi connectivity index (χ1n) is 8.22. The molecule has 1 aromatic heterocycles. The Morgan fingerprint density at radius 3 is 2.65 bits per heavy atom. The van der Waals surface area contributed by atoms with E-state index in [1.165, 1.54) is 18.3 Å². The van der Waals surface area contributed by atoms with Gasteiger partial charge in [-0.2, -0.15) is 0 Å². The summed E-state index contributed by atoms with van der Waals surface area (Å²) in [5, 5.41) is 15.3. The van der Waals surface area contributed by atoms with E-state index in [0.29, 0.717) is 17.2 Å². The number of rotatable bonds is 8. The highest BCUT2D eigenvalue weighted by Crippen LogP contribution is 2.23. The predicted molar refractivity (Wildman–Crippen MR) is 102 cm³/mol. The topological polar surface area (TPSA) is 101 Å². The molecule has 0 saturated carbocycles. The van der Waals surface area contributed by atoms with Crippen molar-refractivity contribution in [2.75, 3.05) is 23.8 Å². The lowest BCUT2D eigenvalue weighted by Gasteiger charge is -2.12. The summed E-state index contributed by atoms with van der Waals surface area (Å²) in [6, 6.07) is 5.49. The molecule has 0 aliphatic heterocycles. The lowest BCUT2D eigenvalue weighted by atomic mass is 10.1. The SMILES string of the molecule is Cc1ccc(NCCOC(C)C(=O)O)cc1C(=O)Nc1nc(C)c(C)s1. The van der Waals surface area contributed by atoms with Crippen LogP contribution >= 0.6 is 11.3 Å². The smallest absolute Gasteiger partial charge is 0.332 e. The second-order valence-corrected chi connectivity index (χ2v) is 7.13. The molecule has 0 aliphatic rings. The van der Waals surface area contributed by atoms with Crippen LogP contribution in [0.4, 0.5) is 10.8 Å². The zero-order valence-electron chi connectivity index (χ0n) is 15.3. The summed E-state index contributed by atoms with van der Waals surface area (Å²) >= 11 is 1.45. The molecule has 0 saturated heterocycles. The number of carboxylic acids is 1. The lowest BCUT2D eigenvalue weighted by molar-refractivity contribution is -0.148. The molecular weight excluding hydrogens is 354 g/mol. The molecule has 1 unspecified atom stereocenters. The predicted octanol–water partition coefficient (Wildman–Crippen LogP) is 3.22. The maximum Gasteiger partial charge on any atom is 0.332 e. The number of nitrogens with zero attached hydrogens (tertiary/aromatic N) is 1. The van der Waals surface area contributed by atoms with Gasteiger partial charge in [0.25, 0.3) is 5.91 Å². The molecule has 1 heterocycles. The number of carbonyl (C=O) groups is 2. The third-order valence-corrected chi connectivity index (χ3v) is 4.87. The van der Waals surface area contributed by atoms with Gasteiger partial charge in [0.05, 0.1) is 12.3 Å². The van der Waals surface area contributed by atoms with Gasteiger partial charge in [-0.05, 0) is 45.4 Å². The van der Waals surface area contributed by atoms with E-state index in [1.54, 1.807) is 6.07 Å². The number of anilines is 2. The van der Waals surface area contributed by atoms with E-state index in [9.17, 15) is 9.59 Å². The van der Waals surface area contributed by atoms with E-state index < -0.39 is 12.1 Å². The lowest BCUT2D eigenvalue weighted by Crippen LogP contribution is -2.23. The van der Waals surface area contributed by atoms with Crippen LogP contribution in [0.5, 0.6) is 0 Å². The summed E-state index contributed by atoms with van der Waals surface area (Å²) in [7, 11) is 0. The summed E-state index contributed by atoms with van der Waals surface area (Å²) in [6.07, 6.45) is -0.846. The third-order valence-electron chi connectivity index (χ3n) is 3.88. The highest BCUT2D eigenvalue weighted by molar-refractivity contribution is 7.15. The molecule has 140 valence electrons. The first kappa shape index (κ1) is 19.9. The normalized spacial score (nSPS) is 11.8. The number of aryl methyl sites for hydroxylation is 3. The molecule has 1 amide bonds. The molecular formula is C18H23N3O4S. The van der Waals surface area contributed by atoms with Gasteiger partial charge >= 0.3 is 5.97 Å². The zero-order chi connectivity index (χ0) is 19.3. The Hall–Kier alpha value is -2.45. The van der Waals surface area contributed by atoms with Gasteiger partial charge in [-0.3, -0.25) is 10.1 Å². The molecule has 7 nitrogen and oxygen atoms in total. The molecule has 0 aliphatic carbocycles. The Labute approximate surface area is 156 Å². The third kappa shape index (κ3) is 5.27. The molecule has 2 aromatic rings. The van der Waals surface area contributed by atoms with Gasteiger partial charge in [-0.1, -0.05) is 6.07 Å². The van der Waals surface area contributed by atoms with Gasteiger partial charge < -0.3 is 15.2 Å². The minimum atomic E-state index is -0.994. The van der Waals surface area contributed by atoms with Gasteiger partial charge in [-0.15, -0.1) is 11.3 Å². The van der Waals surface area contributed by atoms with Gasteiger partial charge in [0, 0.05) is 22.7 Å². The van der Waals surface area contributed by atoms with Crippen molar-refractivity contribution in [1.29, 1.82) is 0 Å². The minimum absolute atomic E-state index is 0.212. The van der Waals surface area contributed by atoms with Crippen LogP contribution in [-0.2, 0) is 9.53 Å². The fourth-order valence-electron chi connectivity index (χ4n) is 2.17. The number of carboxylic acid groups (broad SMARTS) is 1. The number of nitrogens with one attached hydrogen (secondary N) is 2. The first-order valence-corrected chi connectivity index (χ1v) is 9.04. The number of ether oxygens (including phenoxy) is 1. The van der Waals surface area contributed by atoms with Gasteiger partial charge in [0.2, 0.25) is 0 Å². The molecule has 8 heteroatoms. The van der Waals surface area contributed by atoms with E-state index in [4.69, 9.17) is 9.84 Å². The molecule has 0 bridgehead atoms. The number of carbonyl (C=O) groups excluding carboxylic acids is 1. The van der Waals surface area contributed by atoms with Crippen molar-refractivity contribution in [3.05, 3.63) is 39.9 Å². The van der Waals surface area contributed by atoms with Crippen LogP contribution in [-0.4, -0.2) is 41.2 Å². The second-order valence-electron chi connectivity index (χ2n) is 5.92. The Morgan fingerprint density at radius 2 is 2.04 bits per heavy atom. The molecule has 0 fully saturated rings. The van der Waals surface area contributed by atoms with Crippen molar-refractivity contribution in [3.63, 3.8) is 0 Å². The fourth-order valence-corrected chi connectivity index (χ4v) is 2.98. The maximum absolute atomic E-state index is 12.5. The molecule has 0 spiro atoms. The second kappa shape index (κ2) is 8.77. The van der Waals surface area contributed by atoms with Crippen molar-refractivity contribution in [2.45, 2.75) is 33.8 Å². The Morgan fingerprint density at radius 1 is 1.31 bits per heavy atom. The standard InChI is InChI=1S/C18H23N3O4S/c1-10-5-6-14(19-7-8-25-12(3)17(23)24)9-15(10)16(22)21-18-20-11(2)13(4)26-18/h5-6,9,12,19H,7-8H2,1-4H3,(H,23,24)(H,20,21,22). The summed E-state index contributed by atoms with van der Waals surface area (Å²) < 4.78 is 5.17. The average Bonchev–Trinajstić information content (AvgIpc) is 2.90. The largest absolute Gasteiger partial charge is 0.479 e. The van der Waals surface area contributed by atoms with Crippen LogP contribution in [0, 0.1) is 20.8 Å². The quantitative estimate of drug-likeness (QED) is 0.611. The van der Waals surface area contributed by atoms with Crippen LogP contribution in [0.15, 0.2) is 18.2 Å². The van der Waals surface area contributed by atoms with E-state index in [-0.39, 0.29) is 12.5 Å². The number of thiazole rings is 1. The monoisotopic (exact) mass is 377 g/mol. The number of hydrogen-bond acceptors (Lipinski definition) is 6. The van der Waals surface area contributed by atoms with Gasteiger partial charge in [-0.25, -0.2) is 9.78 Å². The maximum atomic E-state index is 12.5. The van der Waals surface area contributed by atoms with E-state index in [0.717, 1.165) is 21.8 Å². The summed E-state index contributed by atoms with van der Waals surface area (Å²) in [5.41, 5.74) is 3.08. The van der Waals surface area contributed by atoms with Gasteiger partial charge in [0.15, 0.2) is 11.2 Å². The van der Waals surface area contributed by atoms with E-state index in [2.05, 4.69) is 15.6 Å². The number of aliphatic carboxylic acids is 1. The van der Waals surface area contributed by atoms with Crippen molar-refractivity contribution in [3.8, 4) is 0 Å². The van der Waals surface area contributed by atoms with Crippen LogP contribution < -0.4 is 10.6 Å². The Kier molecular flexibility index (Phi) is 6.70. The minimum Gasteiger partial charge on any atom is -0.479 e. The molecule has 26 heavy (non-hydrogen) atoms. The van der Waals surface area contributed by atoms with Crippen LogP contribution in [0.3, 0.4) is 0 Å². The van der Waals surface area contributed by atoms with Crippen LogP contribution in [0.1, 0.15) is 33.4 Å². The van der Waals surface area contributed by atoms with Gasteiger partial charge in [0.1, 0.15) is 0 Å². The highest BCUT2D eigenvalue weighted by atomic mass is 32.1.